The number of aliphatic imine (C=N–C) groups is 1. The molecule has 6 heteroatoms. The second-order valence-corrected chi connectivity index (χ2v) is 3.44. The Bertz CT molecular complexity index is 432. The number of para-hydroxylation sites is 1. The fraction of sp³-hybridized carbons (Fsp3) is 0.333. The van der Waals surface area contributed by atoms with Gasteiger partial charge >= 0.3 is 5.97 Å². The summed E-state index contributed by atoms with van der Waals surface area (Å²) >= 11 is 0. The molecule has 1 aromatic rings. The molecule has 0 amide bonds. The molecule has 4 N–H and O–H groups in total. The van der Waals surface area contributed by atoms with Gasteiger partial charge in [0.2, 0.25) is 0 Å². The summed E-state index contributed by atoms with van der Waals surface area (Å²) in [6, 6.07) is 6.22. The molecule has 0 saturated heterocycles. The number of ether oxygens (including phenoxy) is 1. The molecule has 0 atom stereocenters. The summed E-state index contributed by atoms with van der Waals surface area (Å²) in [4.78, 5) is 15.5. The highest BCUT2D eigenvalue weighted by molar-refractivity contribution is 5.92. The third kappa shape index (κ3) is 4.32. The molecule has 0 bridgehead atoms. The van der Waals surface area contributed by atoms with Gasteiger partial charge in [0.1, 0.15) is 17.9 Å². The van der Waals surface area contributed by atoms with Gasteiger partial charge in [0.05, 0.1) is 6.54 Å². The maximum atomic E-state index is 11.6. The molecular formula is C12H17N3O3. The Kier molecular flexibility index (Phi) is 5.50. The predicted molar refractivity (Wildman–Crippen MR) is 68.6 cm³/mol. The first-order valence-corrected chi connectivity index (χ1v) is 5.64. The summed E-state index contributed by atoms with van der Waals surface area (Å²) in [6.07, 6.45) is 0. The van der Waals surface area contributed by atoms with Crippen molar-refractivity contribution in [2.75, 3.05) is 19.7 Å². The Morgan fingerprint density at radius 3 is 2.89 bits per heavy atom. The predicted octanol–water partition coefficient (Wildman–Crippen LogP) is 0.473. The van der Waals surface area contributed by atoms with Gasteiger partial charge in [-0.3, -0.25) is 4.99 Å². The molecule has 0 aliphatic carbocycles. The van der Waals surface area contributed by atoms with Crippen molar-refractivity contribution in [1.29, 1.82) is 0 Å². The van der Waals surface area contributed by atoms with Crippen LogP contribution in [0.4, 0.5) is 0 Å². The number of aromatic hydroxyl groups is 1. The molecule has 18 heavy (non-hydrogen) atoms. The van der Waals surface area contributed by atoms with E-state index < -0.39 is 5.97 Å². The van der Waals surface area contributed by atoms with Gasteiger partial charge in [-0.1, -0.05) is 12.1 Å². The Balaban J connectivity index is 2.34. The normalized spacial score (nSPS) is 11.1. The summed E-state index contributed by atoms with van der Waals surface area (Å²) < 4.78 is 4.97. The Hall–Kier alpha value is -2.24. The van der Waals surface area contributed by atoms with Crippen molar-refractivity contribution in [3.05, 3.63) is 29.8 Å². The van der Waals surface area contributed by atoms with E-state index in [0.29, 0.717) is 19.0 Å². The van der Waals surface area contributed by atoms with Gasteiger partial charge in [0.15, 0.2) is 5.96 Å². The first-order valence-electron chi connectivity index (χ1n) is 5.64. The van der Waals surface area contributed by atoms with Crippen LogP contribution in [0.2, 0.25) is 0 Å². The third-order valence-electron chi connectivity index (χ3n) is 2.09. The minimum Gasteiger partial charge on any atom is -0.507 e. The fourth-order valence-corrected chi connectivity index (χ4v) is 1.27. The van der Waals surface area contributed by atoms with Crippen molar-refractivity contribution in [3.63, 3.8) is 0 Å². The van der Waals surface area contributed by atoms with Gasteiger partial charge in [-0.15, -0.1) is 0 Å². The molecule has 1 aromatic carbocycles. The van der Waals surface area contributed by atoms with Crippen LogP contribution in [0.1, 0.15) is 17.3 Å². The molecule has 0 aliphatic heterocycles. The van der Waals surface area contributed by atoms with Crippen molar-refractivity contribution < 1.29 is 14.6 Å². The number of hydrogen-bond acceptors (Lipinski definition) is 4. The highest BCUT2D eigenvalue weighted by atomic mass is 16.5. The second kappa shape index (κ2) is 7.16. The first kappa shape index (κ1) is 13.8. The number of esters is 1. The highest BCUT2D eigenvalue weighted by Crippen LogP contribution is 2.16. The molecule has 0 aliphatic rings. The van der Waals surface area contributed by atoms with Crippen LogP contribution in [0.3, 0.4) is 0 Å². The van der Waals surface area contributed by atoms with E-state index in [1.165, 1.54) is 12.1 Å². The fourth-order valence-electron chi connectivity index (χ4n) is 1.27. The number of benzene rings is 1. The molecule has 0 unspecified atom stereocenters. The summed E-state index contributed by atoms with van der Waals surface area (Å²) in [5.74, 6) is -0.348. The summed E-state index contributed by atoms with van der Waals surface area (Å²) in [6.45, 7) is 2.98. The number of nitrogens with one attached hydrogen (secondary N) is 1. The maximum absolute atomic E-state index is 11.6. The number of carbonyl (C=O) groups excluding carboxylic acids is 1. The van der Waals surface area contributed by atoms with E-state index in [2.05, 4.69) is 10.3 Å². The molecule has 0 heterocycles. The lowest BCUT2D eigenvalue weighted by Gasteiger charge is -2.07. The van der Waals surface area contributed by atoms with Crippen molar-refractivity contribution in [3.8, 4) is 5.75 Å². The lowest BCUT2D eigenvalue weighted by atomic mass is 10.2. The molecular weight excluding hydrogens is 234 g/mol. The van der Waals surface area contributed by atoms with E-state index in [1.807, 2.05) is 6.92 Å². The smallest absolute Gasteiger partial charge is 0.341 e. The van der Waals surface area contributed by atoms with Crippen molar-refractivity contribution >= 4 is 11.9 Å². The molecule has 0 aromatic heterocycles. The van der Waals surface area contributed by atoms with Crippen LogP contribution in [-0.4, -0.2) is 36.7 Å². The van der Waals surface area contributed by atoms with Crippen LogP contribution < -0.4 is 11.1 Å². The van der Waals surface area contributed by atoms with Crippen molar-refractivity contribution in [2.45, 2.75) is 6.92 Å². The second-order valence-electron chi connectivity index (χ2n) is 3.44. The van der Waals surface area contributed by atoms with Gasteiger partial charge in [-0.2, -0.15) is 0 Å². The zero-order valence-electron chi connectivity index (χ0n) is 10.2. The van der Waals surface area contributed by atoms with Gasteiger partial charge in [0, 0.05) is 6.54 Å². The molecule has 1 rings (SSSR count). The van der Waals surface area contributed by atoms with Crippen LogP contribution in [0.5, 0.6) is 5.75 Å². The number of nitrogens with zero attached hydrogens (tertiary/aromatic N) is 1. The van der Waals surface area contributed by atoms with Gasteiger partial charge in [0.25, 0.3) is 0 Å². The Morgan fingerprint density at radius 1 is 1.50 bits per heavy atom. The van der Waals surface area contributed by atoms with E-state index in [4.69, 9.17) is 10.5 Å². The zero-order chi connectivity index (χ0) is 13.4. The number of phenolic OH excluding ortho intramolecular Hbond substituents is 1. The average Bonchev–Trinajstić information content (AvgIpc) is 2.35. The van der Waals surface area contributed by atoms with Crippen LogP contribution in [0, 0.1) is 0 Å². The van der Waals surface area contributed by atoms with Crippen LogP contribution in [0.25, 0.3) is 0 Å². The Labute approximate surface area is 105 Å². The van der Waals surface area contributed by atoms with E-state index in [0.717, 1.165) is 0 Å². The van der Waals surface area contributed by atoms with Crippen LogP contribution >= 0.6 is 0 Å². The van der Waals surface area contributed by atoms with E-state index in [-0.39, 0.29) is 17.9 Å². The molecule has 0 spiro atoms. The zero-order valence-corrected chi connectivity index (χ0v) is 10.2. The molecule has 6 nitrogen and oxygen atoms in total. The topological polar surface area (TPSA) is 96.9 Å². The lowest BCUT2D eigenvalue weighted by molar-refractivity contribution is 0.0509. The number of phenols is 1. The monoisotopic (exact) mass is 251 g/mol. The van der Waals surface area contributed by atoms with E-state index in [9.17, 15) is 9.90 Å². The van der Waals surface area contributed by atoms with Gasteiger partial charge in [-0.05, 0) is 19.1 Å². The molecule has 0 radical (unpaired) electrons. The van der Waals surface area contributed by atoms with Crippen LogP contribution in [0.15, 0.2) is 29.3 Å². The number of hydrogen-bond donors (Lipinski definition) is 3. The summed E-state index contributed by atoms with van der Waals surface area (Å²) in [7, 11) is 0. The van der Waals surface area contributed by atoms with Crippen LogP contribution in [-0.2, 0) is 4.74 Å². The molecule has 0 fully saturated rings. The number of carbonyl (C=O) groups is 1. The van der Waals surface area contributed by atoms with E-state index in [1.54, 1.807) is 12.1 Å². The van der Waals surface area contributed by atoms with Gasteiger partial charge < -0.3 is 20.9 Å². The SMILES string of the molecule is CCN=C(N)NCCOC(=O)c1ccccc1O. The minimum atomic E-state index is -0.569. The van der Waals surface area contributed by atoms with E-state index >= 15 is 0 Å². The summed E-state index contributed by atoms with van der Waals surface area (Å²) in [5, 5.41) is 12.2. The van der Waals surface area contributed by atoms with Crippen molar-refractivity contribution in [1.82, 2.24) is 5.32 Å². The van der Waals surface area contributed by atoms with Crippen molar-refractivity contribution in [2.24, 2.45) is 10.7 Å². The standard InChI is InChI=1S/C12H17N3O3/c1-2-14-12(13)15-7-8-18-11(17)9-5-3-4-6-10(9)16/h3-6,16H,2,7-8H2,1H3,(H3,13,14,15). The first-order chi connectivity index (χ1) is 8.65. The minimum absolute atomic E-state index is 0.0949. The van der Waals surface area contributed by atoms with Gasteiger partial charge in [-0.25, -0.2) is 4.79 Å². The highest BCUT2D eigenvalue weighted by Gasteiger charge is 2.10. The summed E-state index contributed by atoms with van der Waals surface area (Å²) in [5.41, 5.74) is 5.64. The third-order valence-corrected chi connectivity index (χ3v) is 2.09. The molecule has 0 saturated carbocycles. The Morgan fingerprint density at radius 2 is 2.22 bits per heavy atom. The number of rotatable bonds is 5. The lowest BCUT2D eigenvalue weighted by Crippen LogP contribution is -2.34. The maximum Gasteiger partial charge on any atom is 0.341 e. The quantitative estimate of drug-likeness (QED) is 0.306. The number of nitrogens with two attached hydrogens (primary N) is 1. The largest absolute Gasteiger partial charge is 0.507 e. The molecule has 98 valence electrons. The number of guanidine groups is 1. The average molecular weight is 251 g/mol.